The third-order valence-corrected chi connectivity index (χ3v) is 2.62. The molecule has 80 valence electrons. The summed E-state index contributed by atoms with van der Waals surface area (Å²) in [7, 11) is 0. The number of carbonyl (C=O) groups excluding carboxylic acids is 1. The summed E-state index contributed by atoms with van der Waals surface area (Å²) in [6.45, 7) is 9.57. The van der Waals surface area contributed by atoms with E-state index >= 15 is 0 Å². The second-order valence-electron chi connectivity index (χ2n) is 4.01. The maximum atomic E-state index is 11.7. The van der Waals surface area contributed by atoms with Crippen LogP contribution in [0.4, 0.5) is 0 Å². The first-order valence-electron chi connectivity index (χ1n) is 5.01. The molecule has 0 fully saturated rings. The Hall–Kier alpha value is -1.04. The van der Waals surface area contributed by atoms with E-state index in [1.54, 1.807) is 6.92 Å². The van der Waals surface area contributed by atoms with Crippen molar-refractivity contribution in [3.63, 3.8) is 0 Å². The summed E-state index contributed by atoms with van der Waals surface area (Å²) in [6, 6.07) is 2.12. The van der Waals surface area contributed by atoms with Gasteiger partial charge in [0.2, 0.25) is 0 Å². The van der Waals surface area contributed by atoms with Crippen LogP contribution in [0.1, 0.15) is 34.6 Å². The first kappa shape index (κ1) is 13.0. The zero-order valence-corrected chi connectivity index (χ0v) is 9.63. The second kappa shape index (κ2) is 4.99. The Kier molecular flexibility index (Phi) is 4.62. The van der Waals surface area contributed by atoms with E-state index in [4.69, 9.17) is 10.00 Å². The molecule has 0 aromatic heterocycles. The van der Waals surface area contributed by atoms with Gasteiger partial charge in [0, 0.05) is 0 Å². The third kappa shape index (κ3) is 2.06. The number of nitrogens with zero attached hydrogens (tertiary/aromatic N) is 1. The van der Waals surface area contributed by atoms with Gasteiger partial charge >= 0.3 is 5.97 Å². The fourth-order valence-electron chi connectivity index (χ4n) is 1.69. The zero-order valence-electron chi connectivity index (χ0n) is 9.63. The van der Waals surface area contributed by atoms with Crippen LogP contribution in [-0.4, -0.2) is 12.6 Å². The molecule has 0 aliphatic rings. The Bertz CT molecular complexity index is 230. The minimum absolute atomic E-state index is 0.0356. The standard InChI is InChI=1S/C11H19NO2/c1-6-14-10(13)11(7-12,8(2)3)9(4)5/h8-9H,6H2,1-5H3. The molecule has 14 heavy (non-hydrogen) atoms. The van der Waals surface area contributed by atoms with E-state index in [2.05, 4.69) is 6.07 Å². The smallest absolute Gasteiger partial charge is 0.327 e. The lowest BCUT2D eigenvalue weighted by Gasteiger charge is -2.31. The lowest BCUT2D eigenvalue weighted by Crippen LogP contribution is -2.41. The summed E-state index contributed by atoms with van der Waals surface area (Å²) in [5.41, 5.74) is -1.00. The summed E-state index contributed by atoms with van der Waals surface area (Å²) in [5, 5.41) is 9.16. The van der Waals surface area contributed by atoms with Gasteiger partial charge < -0.3 is 4.74 Å². The average molecular weight is 197 g/mol. The lowest BCUT2D eigenvalue weighted by molar-refractivity contribution is -0.157. The monoisotopic (exact) mass is 197 g/mol. The number of rotatable bonds is 4. The molecule has 3 nitrogen and oxygen atoms in total. The van der Waals surface area contributed by atoms with Crippen molar-refractivity contribution in [2.24, 2.45) is 17.3 Å². The Morgan fingerprint density at radius 3 is 2.00 bits per heavy atom. The van der Waals surface area contributed by atoms with Gasteiger partial charge in [-0.15, -0.1) is 0 Å². The van der Waals surface area contributed by atoms with E-state index in [0.717, 1.165) is 0 Å². The largest absolute Gasteiger partial charge is 0.465 e. The number of esters is 1. The van der Waals surface area contributed by atoms with Crippen LogP contribution in [-0.2, 0) is 9.53 Å². The highest BCUT2D eigenvalue weighted by Crippen LogP contribution is 2.36. The van der Waals surface area contributed by atoms with Crippen molar-refractivity contribution in [2.45, 2.75) is 34.6 Å². The van der Waals surface area contributed by atoms with E-state index in [1.165, 1.54) is 0 Å². The first-order chi connectivity index (χ1) is 6.43. The topological polar surface area (TPSA) is 50.1 Å². The third-order valence-electron chi connectivity index (χ3n) is 2.62. The molecule has 0 spiro atoms. The van der Waals surface area contributed by atoms with Crippen LogP contribution in [0.15, 0.2) is 0 Å². The Morgan fingerprint density at radius 1 is 1.36 bits per heavy atom. The molecule has 0 heterocycles. The summed E-state index contributed by atoms with van der Waals surface area (Å²) < 4.78 is 4.96. The van der Waals surface area contributed by atoms with Crippen LogP contribution in [0.25, 0.3) is 0 Å². The van der Waals surface area contributed by atoms with Gasteiger partial charge in [0.25, 0.3) is 0 Å². The number of hydrogen-bond donors (Lipinski definition) is 0. The molecule has 0 aromatic rings. The molecule has 0 amide bonds. The maximum absolute atomic E-state index is 11.7. The van der Waals surface area contributed by atoms with E-state index in [9.17, 15) is 4.79 Å². The minimum Gasteiger partial charge on any atom is -0.465 e. The molecule has 0 radical (unpaired) electrons. The number of hydrogen-bond acceptors (Lipinski definition) is 3. The molecule has 0 unspecified atom stereocenters. The molecule has 0 saturated heterocycles. The van der Waals surface area contributed by atoms with Gasteiger partial charge in [-0.05, 0) is 18.8 Å². The highest BCUT2D eigenvalue weighted by molar-refractivity contribution is 5.80. The zero-order chi connectivity index (χ0) is 11.4. The van der Waals surface area contributed by atoms with Gasteiger partial charge in [-0.3, -0.25) is 4.79 Å². The van der Waals surface area contributed by atoms with E-state index in [0.29, 0.717) is 6.61 Å². The van der Waals surface area contributed by atoms with Gasteiger partial charge in [0.1, 0.15) is 0 Å². The Balaban J connectivity index is 5.07. The van der Waals surface area contributed by atoms with Crippen molar-refractivity contribution in [1.82, 2.24) is 0 Å². The van der Waals surface area contributed by atoms with E-state index in [1.807, 2.05) is 27.7 Å². The quantitative estimate of drug-likeness (QED) is 0.650. The molecule has 0 rings (SSSR count). The average Bonchev–Trinajstić information content (AvgIpc) is 2.05. The van der Waals surface area contributed by atoms with Crippen LogP contribution in [0.5, 0.6) is 0 Å². The number of nitriles is 1. The molecular formula is C11H19NO2. The van der Waals surface area contributed by atoms with Crippen molar-refractivity contribution < 1.29 is 9.53 Å². The second-order valence-corrected chi connectivity index (χ2v) is 4.01. The van der Waals surface area contributed by atoms with Gasteiger partial charge in [-0.25, -0.2) is 0 Å². The summed E-state index contributed by atoms with van der Waals surface area (Å²) in [5.74, 6) is -0.467. The fraction of sp³-hybridized carbons (Fsp3) is 0.818. The molecular weight excluding hydrogens is 178 g/mol. The van der Waals surface area contributed by atoms with Gasteiger partial charge in [0.05, 0.1) is 12.7 Å². The normalized spacial score (nSPS) is 11.6. The van der Waals surface area contributed by atoms with Crippen molar-refractivity contribution in [3.05, 3.63) is 0 Å². The number of ether oxygens (including phenoxy) is 1. The highest BCUT2D eigenvalue weighted by atomic mass is 16.5. The van der Waals surface area contributed by atoms with Crippen molar-refractivity contribution in [1.29, 1.82) is 5.26 Å². The maximum Gasteiger partial charge on any atom is 0.327 e. The molecule has 0 atom stereocenters. The van der Waals surface area contributed by atoms with Crippen molar-refractivity contribution in [2.75, 3.05) is 6.61 Å². The highest BCUT2D eigenvalue weighted by Gasteiger charge is 2.46. The van der Waals surface area contributed by atoms with Crippen LogP contribution in [0, 0.1) is 28.6 Å². The SMILES string of the molecule is CCOC(=O)C(C#N)(C(C)C)C(C)C. The van der Waals surface area contributed by atoms with Gasteiger partial charge in [-0.2, -0.15) is 5.26 Å². The molecule has 3 heteroatoms. The summed E-state index contributed by atoms with van der Waals surface area (Å²) in [4.78, 5) is 11.7. The molecule has 0 saturated carbocycles. The Labute approximate surface area is 86.1 Å². The molecule has 0 N–H and O–H groups in total. The fourth-order valence-corrected chi connectivity index (χ4v) is 1.69. The lowest BCUT2D eigenvalue weighted by atomic mass is 9.70. The van der Waals surface area contributed by atoms with Crippen LogP contribution < -0.4 is 0 Å². The summed E-state index contributed by atoms with van der Waals surface area (Å²) >= 11 is 0. The minimum atomic E-state index is -1.00. The van der Waals surface area contributed by atoms with Crippen LogP contribution in [0.2, 0.25) is 0 Å². The molecule has 0 bridgehead atoms. The first-order valence-corrected chi connectivity index (χ1v) is 5.01. The van der Waals surface area contributed by atoms with E-state index in [-0.39, 0.29) is 11.8 Å². The predicted octanol–water partition coefficient (Wildman–Crippen LogP) is 2.37. The number of carbonyl (C=O) groups is 1. The molecule has 0 aromatic carbocycles. The van der Waals surface area contributed by atoms with Crippen molar-refractivity contribution in [3.8, 4) is 6.07 Å². The van der Waals surface area contributed by atoms with Gasteiger partial charge in [0.15, 0.2) is 5.41 Å². The van der Waals surface area contributed by atoms with Gasteiger partial charge in [-0.1, -0.05) is 27.7 Å². The van der Waals surface area contributed by atoms with E-state index < -0.39 is 11.4 Å². The predicted molar refractivity (Wildman–Crippen MR) is 54.4 cm³/mol. The van der Waals surface area contributed by atoms with Crippen LogP contribution >= 0.6 is 0 Å². The summed E-state index contributed by atoms with van der Waals surface area (Å²) in [6.07, 6.45) is 0. The van der Waals surface area contributed by atoms with Crippen LogP contribution in [0.3, 0.4) is 0 Å². The molecule has 0 aliphatic heterocycles. The Morgan fingerprint density at radius 2 is 1.79 bits per heavy atom. The van der Waals surface area contributed by atoms with Crippen molar-refractivity contribution >= 4 is 5.97 Å². The molecule has 0 aliphatic carbocycles.